The molecule has 1 aliphatic heterocycles. The molecule has 3 rings (SSSR count). The first kappa shape index (κ1) is 17.8. The molecule has 2 atom stereocenters. The highest BCUT2D eigenvalue weighted by Gasteiger charge is 2.98. The summed E-state index contributed by atoms with van der Waals surface area (Å²) in [5.74, 6) is 0. The Morgan fingerprint density at radius 1 is 0.917 bits per heavy atom. The van der Waals surface area contributed by atoms with Crippen LogP contribution in [0, 0.1) is 12.3 Å². The van der Waals surface area contributed by atoms with Crippen LogP contribution in [0.25, 0.3) is 0 Å². The van der Waals surface area contributed by atoms with Gasteiger partial charge in [-0.15, -0.1) is 0 Å². The van der Waals surface area contributed by atoms with Gasteiger partial charge in [0.05, 0.1) is 18.5 Å². The number of aryl methyl sites for hydroxylation is 1. The second-order valence-electron chi connectivity index (χ2n) is 9.34. The van der Waals surface area contributed by atoms with Crippen molar-refractivity contribution >= 4 is 17.9 Å². The maximum Gasteiger partial charge on any atom is 0.189 e. The van der Waals surface area contributed by atoms with Gasteiger partial charge in [0.25, 0.3) is 0 Å². The molecule has 1 aliphatic carbocycles. The molecule has 1 aromatic rings. The Morgan fingerprint density at radius 2 is 1.42 bits per heavy atom. The van der Waals surface area contributed by atoms with E-state index in [1.165, 1.54) is 0 Å². The lowest BCUT2D eigenvalue weighted by atomic mass is 9.93. The van der Waals surface area contributed by atoms with Gasteiger partial charge in [-0.1, -0.05) is 51.2 Å². The van der Waals surface area contributed by atoms with Crippen molar-refractivity contribution < 1.29 is 8.42 Å². The molecule has 0 saturated heterocycles. The lowest BCUT2D eigenvalue weighted by molar-refractivity contribution is 0.382. The Morgan fingerprint density at radius 3 is 1.83 bits per heavy atom. The summed E-state index contributed by atoms with van der Waals surface area (Å²) in [7, 11) is -5.55. The van der Waals surface area contributed by atoms with Gasteiger partial charge in [0.1, 0.15) is 9.91 Å². The number of azo groups is 1. The fourth-order valence-corrected chi connectivity index (χ4v) is 14.3. The van der Waals surface area contributed by atoms with E-state index in [0.29, 0.717) is 4.90 Å². The van der Waals surface area contributed by atoms with Gasteiger partial charge in [0.2, 0.25) is 0 Å². The number of rotatable bonds is 3. The normalized spacial score (nSPS) is 33.3. The van der Waals surface area contributed by atoms with Crippen LogP contribution in [0.4, 0.5) is 0 Å². The van der Waals surface area contributed by atoms with Crippen LogP contribution in [0.3, 0.4) is 0 Å². The maximum absolute atomic E-state index is 13.9. The standard InChI is InChI=1S/C18H28N2O2SSi/c1-13-9-11-14(12-10-13)23(21,22)17-15(2,3)18(17,24(6,7)8)20-19-16(17,4)5/h9-12H,1-8H3/t17-,18-/m1/s1. The molecule has 1 saturated carbocycles. The number of nitrogens with zero attached hydrogens (tertiary/aromatic N) is 2. The van der Waals surface area contributed by atoms with Crippen molar-refractivity contribution in [1.29, 1.82) is 0 Å². The van der Waals surface area contributed by atoms with E-state index in [1.807, 2.05) is 32.9 Å². The largest absolute Gasteiger partial charge is 0.223 e. The minimum Gasteiger partial charge on any atom is -0.223 e. The Hall–Kier alpha value is -1.01. The van der Waals surface area contributed by atoms with Crippen molar-refractivity contribution in [2.45, 2.75) is 74.6 Å². The highest BCUT2D eigenvalue weighted by atomic mass is 32.2. The average molecular weight is 365 g/mol. The third-order valence-electron chi connectivity index (χ3n) is 6.36. The molecule has 0 amide bonds. The fourth-order valence-electron chi connectivity index (χ4n) is 5.85. The zero-order valence-corrected chi connectivity index (χ0v) is 17.7. The van der Waals surface area contributed by atoms with Crippen molar-refractivity contribution in [3.05, 3.63) is 29.8 Å². The highest BCUT2D eigenvalue weighted by Crippen LogP contribution is 2.82. The van der Waals surface area contributed by atoms with Gasteiger partial charge in [-0.05, 0) is 32.9 Å². The molecular formula is C18H28N2O2SSi. The van der Waals surface area contributed by atoms with E-state index < -0.39 is 38.8 Å². The summed E-state index contributed by atoms with van der Waals surface area (Å²) >= 11 is 0. The molecule has 1 fully saturated rings. The third kappa shape index (κ3) is 1.53. The van der Waals surface area contributed by atoms with E-state index in [9.17, 15) is 8.42 Å². The lowest BCUT2D eigenvalue weighted by Crippen LogP contribution is -2.53. The summed E-state index contributed by atoms with van der Waals surface area (Å²) in [5.41, 5.74) is -0.113. The summed E-state index contributed by atoms with van der Waals surface area (Å²) in [4.78, 5) is 0.390. The van der Waals surface area contributed by atoms with Crippen LogP contribution in [0.15, 0.2) is 39.4 Å². The number of sulfone groups is 1. The van der Waals surface area contributed by atoms with Crippen molar-refractivity contribution in [1.82, 2.24) is 0 Å². The molecule has 0 bridgehead atoms. The van der Waals surface area contributed by atoms with Crippen LogP contribution >= 0.6 is 0 Å². The van der Waals surface area contributed by atoms with Gasteiger partial charge in [-0.3, -0.25) is 0 Å². The summed E-state index contributed by atoms with van der Waals surface area (Å²) in [6.45, 7) is 16.6. The van der Waals surface area contributed by atoms with E-state index in [-0.39, 0.29) is 0 Å². The van der Waals surface area contributed by atoms with E-state index in [2.05, 4.69) is 38.6 Å². The van der Waals surface area contributed by atoms with Crippen LogP contribution in [0.5, 0.6) is 0 Å². The molecule has 4 nitrogen and oxygen atoms in total. The number of benzene rings is 1. The SMILES string of the molecule is Cc1ccc(S(=O)(=O)[C@]23C(C)(C)N=N[C@@]2([Si](C)(C)C)C3(C)C)cc1. The van der Waals surface area contributed by atoms with Crippen molar-refractivity contribution in [2.24, 2.45) is 15.6 Å². The van der Waals surface area contributed by atoms with Crippen LogP contribution in [0.1, 0.15) is 33.3 Å². The Balaban J connectivity index is 2.34. The van der Waals surface area contributed by atoms with Crippen LogP contribution < -0.4 is 0 Å². The summed E-state index contributed by atoms with van der Waals surface area (Å²) in [6.07, 6.45) is 0. The molecule has 0 radical (unpaired) electrons. The van der Waals surface area contributed by atoms with Gasteiger partial charge in [-0.2, -0.15) is 10.2 Å². The monoisotopic (exact) mass is 364 g/mol. The van der Waals surface area contributed by atoms with Gasteiger partial charge < -0.3 is 0 Å². The van der Waals surface area contributed by atoms with E-state index >= 15 is 0 Å². The van der Waals surface area contributed by atoms with Crippen molar-refractivity contribution in [3.63, 3.8) is 0 Å². The van der Waals surface area contributed by atoms with Crippen LogP contribution in [-0.4, -0.2) is 31.9 Å². The smallest absolute Gasteiger partial charge is 0.189 e. The molecule has 132 valence electrons. The fraction of sp³-hybridized carbons (Fsp3) is 0.667. The predicted octanol–water partition coefficient (Wildman–Crippen LogP) is 4.41. The molecule has 0 aromatic heterocycles. The summed E-state index contributed by atoms with van der Waals surface area (Å²) in [5, 5.41) is 8.62. The van der Waals surface area contributed by atoms with Crippen LogP contribution in [0.2, 0.25) is 19.6 Å². The number of fused-ring (bicyclic) bond motifs is 1. The topological polar surface area (TPSA) is 58.9 Å². The summed E-state index contributed by atoms with van der Waals surface area (Å²) in [6, 6.07) is 7.20. The zero-order chi connectivity index (χ0) is 18.4. The van der Waals surface area contributed by atoms with Crippen molar-refractivity contribution in [2.75, 3.05) is 0 Å². The molecule has 2 aliphatic rings. The first-order valence-electron chi connectivity index (χ1n) is 8.46. The molecule has 6 heteroatoms. The maximum atomic E-state index is 13.9. The van der Waals surface area contributed by atoms with Crippen molar-refractivity contribution in [3.8, 4) is 0 Å². The van der Waals surface area contributed by atoms with E-state index in [4.69, 9.17) is 5.11 Å². The quantitative estimate of drug-likeness (QED) is 0.746. The average Bonchev–Trinajstić information content (AvgIpc) is 2.73. The molecule has 0 N–H and O–H groups in total. The zero-order valence-electron chi connectivity index (χ0n) is 15.9. The van der Waals surface area contributed by atoms with Gasteiger partial charge in [0.15, 0.2) is 9.84 Å². The van der Waals surface area contributed by atoms with Gasteiger partial charge in [-0.25, -0.2) is 8.42 Å². The predicted molar refractivity (Wildman–Crippen MR) is 99.9 cm³/mol. The third-order valence-corrected chi connectivity index (χ3v) is 12.8. The van der Waals surface area contributed by atoms with E-state index in [0.717, 1.165) is 5.56 Å². The Labute approximate surface area is 146 Å². The second kappa shape index (κ2) is 4.39. The van der Waals surface area contributed by atoms with Gasteiger partial charge in [0, 0.05) is 5.41 Å². The molecule has 1 aromatic carbocycles. The first-order valence-corrected chi connectivity index (χ1v) is 13.4. The molecule has 0 spiro atoms. The Kier molecular flexibility index (Phi) is 3.25. The van der Waals surface area contributed by atoms with E-state index in [1.54, 1.807) is 12.1 Å². The molecule has 0 unspecified atom stereocenters. The lowest BCUT2D eigenvalue weighted by Gasteiger charge is -2.32. The summed E-state index contributed by atoms with van der Waals surface area (Å²) < 4.78 is 26.8. The minimum absolute atomic E-state index is 0.390. The molecular weight excluding hydrogens is 336 g/mol. The minimum atomic E-state index is -3.59. The number of hydrogen-bond acceptors (Lipinski definition) is 4. The molecule has 24 heavy (non-hydrogen) atoms. The Bertz CT molecular complexity index is 835. The molecule has 1 heterocycles. The van der Waals surface area contributed by atoms with Crippen LogP contribution in [-0.2, 0) is 9.84 Å². The number of hydrogen-bond donors (Lipinski definition) is 0. The first-order chi connectivity index (χ1) is 10.7. The second-order valence-corrected chi connectivity index (χ2v) is 16.7. The highest BCUT2D eigenvalue weighted by molar-refractivity contribution is 7.93. The van der Waals surface area contributed by atoms with Gasteiger partial charge >= 0.3 is 0 Å².